The zero-order valence-electron chi connectivity index (χ0n) is 34.1. The molecule has 2 aromatic heterocycles. The van der Waals surface area contributed by atoms with E-state index >= 15 is 0 Å². The average Bonchev–Trinajstić information content (AvgIpc) is 3.87. The Labute approximate surface area is 374 Å². The molecule has 0 fully saturated rings. The molecule has 10 aromatic rings. The second-order valence-electron chi connectivity index (χ2n) is 15.6. The van der Waals surface area contributed by atoms with E-state index in [4.69, 9.17) is 0 Å². The van der Waals surface area contributed by atoms with E-state index in [1.165, 1.54) is 18.2 Å². The van der Waals surface area contributed by atoms with Gasteiger partial charge in [0.25, 0.3) is 0 Å². The lowest BCUT2D eigenvalue weighted by atomic mass is 9.94. The fraction of sp³-hybridized carbons (Fsp3) is 0.0182. The normalized spacial score (nSPS) is 11.2. The molecule has 0 radical (unpaired) electrons. The molecule has 306 valence electrons. The second-order valence-corrected chi connectivity index (χ2v) is 15.6. The van der Waals surface area contributed by atoms with Gasteiger partial charge in [-0.2, -0.15) is 44.7 Å². The maximum atomic E-state index is 14.2. The molecule has 8 aromatic carbocycles. The van der Waals surface area contributed by atoms with Crippen molar-refractivity contribution >= 4 is 43.6 Å². The van der Waals surface area contributed by atoms with Crippen molar-refractivity contribution in [3.8, 4) is 81.2 Å². The van der Waals surface area contributed by atoms with Gasteiger partial charge in [0.15, 0.2) is 0 Å². The molecule has 0 bridgehead atoms. The number of hydrogen-bond acceptors (Lipinski definition) is 6. The van der Waals surface area contributed by atoms with Crippen LogP contribution < -0.4 is 0 Å². The Balaban J connectivity index is 1.28. The average molecular weight is 855 g/mol. The number of nitrogens with zero attached hydrogens (tertiary/aromatic N) is 8. The molecular weight excluding hydrogens is 830 g/mol. The SMILES string of the molecule is N#Cc1cc(C#N)cc(-c2ccc3c(c2)c2ccccc2n3-c2cc(-c3ccc(C(F)(F)F)cc3C#N)c(-n3c4ccccc4c4cc(-c5cc(C#N)cc(C#N)c5)ccc43)cc2C#N)c1. The summed E-state index contributed by atoms with van der Waals surface area (Å²) in [7, 11) is 0. The van der Waals surface area contributed by atoms with Crippen LogP contribution in [0.5, 0.6) is 0 Å². The molecule has 2 heterocycles. The molecule has 0 aliphatic carbocycles. The van der Waals surface area contributed by atoms with Crippen LogP contribution in [0.4, 0.5) is 13.2 Å². The molecule has 11 heteroatoms. The van der Waals surface area contributed by atoms with E-state index in [0.717, 1.165) is 50.3 Å². The zero-order valence-corrected chi connectivity index (χ0v) is 34.1. The first kappa shape index (κ1) is 40.2. The summed E-state index contributed by atoms with van der Waals surface area (Å²) in [6.07, 6.45) is -4.72. The van der Waals surface area contributed by atoms with E-state index in [2.05, 4.69) is 30.3 Å². The highest BCUT2D eigenvalue weighted by Gasteiger charge is 2.32. The Kier molecular flexibility index (Phi) is 9.41. The van der Waals surface area contributed by atoms with Gasteiger partial charge in [-0.05, 0) is 119 Å². The third-order valence-corrected chi connectivity index (χ3v) is 11.9. The molecule has 0 spiro atoms. The molecule has 0 unspecified atom stereocenters. The predicted octanol–water partition coefficient (Wildman–Crippen LogP) is 13.1. The summed E-state index contributed by atoms with van der Waals surface area (Å²) < 4.78 is 46.4. The number of para-hydroxylation sites is 2. The number of benzene rings is 8. The van der Waals surface area contributed by atoms with Gasteiger partial charge in [0.1, 0.15) is 6.07 Å². The Hall–Kier alpha value is -9.91. The highest BCUT2D eigenvalue weighted by atomic mass is 19.4. The number of alkyl halides is 3. The lowest BCUT2D eigenvalue weighted by molar-refractivity contribution is -0.137. The highest BCUT2D eigenvalue weighted by molar-refractivity contribution is 6.12. The van der Waals surface area contributed by atoms with Crippen molar-refractivity contribution in [2.75, 3.05) is 0 Å². The minimum absolute atomic E-state index is 0.208. The van der Waals surface area contributed by atoms with Crippen LogP contribution in [0.3, 0.4) is 0 Å². The van der Waals surface area contributed by atoms with Gasteiger partial charge < -0.3 is 9.13 Å². The summed E-state index contributed by atoms with van der Waals surface area (Å²) in [5, 5.41) is 63.7. The summed E-state index contributed by atoms with van der Waals surface area (Å²) >= 11 is 0. The van der Waals surface area contributed by atoms with Crippen molar-refractivity contribution in [3.63, 3.8) is 0 Å². The molecule has 0 saturated carbocycles. The van der Waals surface area contributed by atoms with Gasteiger partial charge in [0, 0.05) is 32.7 Å². The van der Waals surface area contributed by atoms with Crippen LogP contribution in [0.2, 0.25) is 0 Å². The largest absolute Gasteiger partial charge is 0.416 e. The van der Waals surface area contributed by atoms with Gasteiger partial charge in [-0.1, -0.05) is 54.6 Å². The summed E-state index contributed by atoms with van der Waals surface area (Å²) in [5.41, 5.74) is 7.39. The first-order valence-corrected chi connectivity index (χ1v) is 20.2. The van der Waals surface area contributed by atoms with E-state index in [0.29, 0.717) is 66.9 Å². The fourth-order valence-corrected chi connectivity index (χ4v) is 8.97. The molecule has 0 amide bonds. The number of halogens is 3. The number of fused-ring (bicyclic) bond motifs is 6. The summed E-state index contributed by atoms with van der Waals surface area (Å²) in [4.78, 5) is 0. The van der Waals surface area contributed by atoms with Gasteiger partial charge >= 0.3 is 6.18 Å². The topological polar surface area (TPSA) is 153 Å². The van der Waals surface area contributed by atoms with E-state index in [9.17, 15) is 44.7 Å². The monoisotopic (exact) mass is 854 g/mol. The maximum Gasteiger partial charge on any atom is 0.416 e. The Morgan fingerprint density at radius 2 is 0.803 bits per heavy atom. The number of aromatic nitrogens is 2. The molecule has 0 N–H and O–H groups in total. The lowest BCUT2D eigenvalue weighted by Crippen LogP contribution is -2.07. The molecule has 0 atom stereocenters. The summed E-state index contributed by atoms with van der Waals surface area (Å²) in [5.74, 6) is 0. The van der Waals surface area contributed by atoms with E-state index in [1.54, 1.807) is 36.4 Å². The molecule has 10 rings (SSSR count). The van der Waals surface area contributed by atoms with Crippen molar-refractivity contribution in [1.82, 2.24) is 9.13 Å². The number of rotatable bonds is 5. The van der Waals surface area contributed by atoms with Gasteiger partial charge in [-0.15, -0.1) is 0 Å². The molecule has 0 saturated heterocycles. The zero-order chi connectivity index (χ0) is 45.9. The van der Waals surface area contributed by atoms with Crippen molar-refractivity contribution in [2.45, 2.75) is 6.18 Å². The van der Waals surface area contributed by atoms with Crippen molar-refractivity contribution < 1.29 is 13.2 Å². The first-order valence-electron chi connectivity index (χ1n) is 20.2. The van der Waals surface area contributed by atoms with Crippen molar-refractivity contribution in [2.24, 2.45) is 0 Å². The molecule has 0 aliphatic heterocycles. The molecule has 8 nitrogen and oxygen atoms in total. The Morgan fingerprint density at radius 1 is 0.348 bits per heavy atom. The van der Waals surface area contributed by atoms with Crippen LogP contribution in [-0.2, 0) is 6.18 Å². The van der Waals surface area contributed by atoms with E-state index in [-0.39, 0.29) is 16.7 Å². The van der Waals surface area contributed by atoms with Crippen LogP contribution in [0, 0.1) is 68.0 Å². The number of hydrogen-bond donors (Lipinski definition) is 0. The van der Waals surface area contributed by atoms with Crippen LogP contribution in [0.25, 0.3) is 88.4 Å². The Morgan fingerprint density at radius 3 is 1.26 bits per heavy atom. The lowest BCUT2D eigenvalue weighted by Gasteiger charge is -2.20. The van der Waals surface area contributed by atoms with Crippen LogP contribution in [-0.4, -0.2) is 9.13 Å². The fourth-order valence-electron chi connectivity index (χ4n) is 8.97. The molecular formula is C55H25F3N8. The minimum atomic E-state index is -4.72. The van der Waals surface area contributed by atoms with Crippen LogP contribution >= 0.6 is 0 Å². The van der Waals surface area contributed by atoms with Crippen molar-refractivity contribution in [1.29, 1.82) is 31.6 Å². The quantitative estimate of drug-likeness (QED) is 0.168. The maximum absolute atomic E-state index is 14.2. The van der Waals surface area contributed by atoms with E-state index in [1.807, 2.05) is 100 Å². The molecule has 66 heavy (non-hydrogen) atoms. The van der Waals surface area contributed by atoms with Crippen molar-refractivity contribution in [3.05, 3.63) is 191 Å². The predicted molar refractivity (Wildman–Crippen MR) is 245 cm³/mol. The summed E-state index contributed by atoms with van der Waals surface area (Å²) in [6, 6.07) is 55.9. The van der Waals surface area contributed by atoms with Gasteiger partial charge in [-0.25, -0.2) is 0 Å². The third kappa shape index (κ3) is 6.51. The standard InChI is InChI=1S/C55H25F3N8/c56-55(57,58)42-11-12-43(40(21-42)30-63)48-25-53(65-49-7-3-1-5-44(49)46-22-36(9-13-51(46)65)38-17-32(26-59)15-33(18-38)27-60)41(31-64)24-54(48)66-50-8-4-2-6-45(50)47-23-37(10-14-52(47)66)39-19-34(28-61)16-35(20-39)29-62/h1-25H. The van der Waals surface area contributed by atoms with E-state index < -0.39 is 11.7 Å². The van der Waals surface area contributed by atoms with Gasteiger partial charge in [0.05, 0.1) is 103 Å². The van der Waals surface area contributed by atoms with Crippen LogP contribution in [0.1, 0.15) is 38.9 Å². The molecule has 0 aliphatic rings. The highest BCUT2D eigenvalue weighted by Crippen LogP contribution is 2.44. The third-order valence-electron chi connectivity index (χ3n) is 11.9. The Bertz CT molecular complexity index is 3950. The minimum Gasteiger partial charge on any atom is -0.309 e. The first-order chi connectivity index (χ1) is 32.0. The summed E-state index contributed by atoms with van der Waals surface area (Å²) in [6.45, 7) is 0. The second kappa shape index (κ2) is 15.5. The van der Waals surface area contributed by atoms with Gasteiger partial charge in [0.2, 0.25) is 0 Å². The number of nitriles is 6. The van der Waals surface area contributed by atoms with Gasteiger partial charge in [-0.3, -0.25) is 0 Å². The van der Waals surface area contributed by atoms with Crippen LogP contribution in [0.15, 0.2) is 152 Å². The smallest absolute Gasteiger partial charge is 0.309 e.